The average Bonchev–Trinajstić information content (AvgIpc) is 3.02. The van der Waals surface area contributed by atoms with Crippen LogP contribution in [0, 0.1) is 0 Å². The lowest BCUT2D eigenvalue weighted by molar-refractivity contribution is 0.0399. The predicted molar refractivity (Wildman–Crippen MR) is 92.0 cm³/mol. The number of piperazine rings is 1. The molecular formula is C17H31N3S. The van der Waals surface area contributed by atoms with Crippen LogP contribution in [-0.2, 0) is 6.42 Å². The van der Waals surface area contributed by atoms with Crippen LogP contribution in [0.2, 0.25) is 0 Å². The van der Waals surface area contributed by atoms with E-state index in [9.17, 15) is 0 Å². The molecule has 1 fully saturated rings. The molecule has 1 aromatic heterocycles. The highest BCUT2D eigenvalue weighted by Crippen LogP contribution is 2.33. The minimum atomic E-state index is 0.283. The lowest BCUT2D eigenvalue weighted by atomic mass is 9.87. The second-order valence-corrected chi connectivity index (χ2v) is 7.44. The summed E-state index contributed by atoms with van der Waals surface area (Å²) in [6.07, 6.45) is 6.75. The van der Waals surface area contributed by atoms with E-state index in [2.05, 4.69) is 56.0 Å². The number of hydrogen-bond acceptors (Lipinski definition) is 4. The van der Waals surface area contributed by atoms with Crippen LogP contribution in [0.15, 0.2) is 6.20 Å². The van der Waals surface area contributed by atoms with E-state index >= 15 is 0 Å². The first-order valence-corrected chi connectivity index (χ1v) is 9.36. The summed E-state index contributed by atoms with van der Waals surface area (Å²) < 4.78 is 0. The number of nitrogens with zero attached hydrogens (tertiary/aromatic N) is 2. The summed E-state index contributed by atoms with van der Waals surface area (Å²) in [6, 6.07) is 1.06. The van der Waals surface area contributed by atoms with Crippen molar-refractivity contribution in [2.45, 2.75) is 77.9 Å². The fraction of sp³-hybridized carbons (Fsp3) is 0.824. The average molecular weight is 310 g/mol. The Labute approximate surface area is 134 Å². The van der Waals surface area contributed by atoms with Crippen molar-refractivity contribution in [1.82, 2.24) is 15.2 Å². The fourth-order valence-electron chi connectivity index (χ4n) is 3.36. The molecular weight excluding hydrogens is 278 g/mol. The third kappa shape index (κ3) is 3.49. The van der Waals surface area contributed by atoms with E-state index in [0.717, 1.165) is 19.5 Å². The summed E-state index contributed by atoms with van der Waals surface area (Å²) in [7, 11) is 0. The molecule has 2 atom stereocenters. The summed E-state index contributed by atoms with van der Waals surface area (Å²) >= 11 is 1.89. The Morgan fingerprint density at radius 1 is 1.38 bits per heavy atom. The van der Waals surface area contributed by atoms with Crippen LogP contribution in [0.3, 0.4) is 0 Å². The van der Waals surface area contributed by atoms with Crippen LogP contribution in [0.1, 0.15) is 69.8 Å². The molecule has 2 rings (SSSR count). The maximum atomic E-state index is 4.69. The molecule has 1 aliphatic rings. The maximum Gasteiger partial charge on any atom is 0.110 e. The van der Waals surface area contributed by atoms with Gasteiger partial charge in [0.2, 0.25) is 0 Å². The smallest absolute Gasteiger partial charge is 0.110 e. The third-order valence-electron chi connectivity index (χ3n) is 5.27. The van der Waals surface area contributed by atoms with Crippen LogP contribution in [-0.4, -0.2) is 34.6 Å². The van der Waals surface area contributed by atoms with Crippen molar-refractivity contribution in [3.63, 3.8) is 0 Å². The Morgan fingerprint density at radius 3 is 2.62 bits per heavy atom. The molecule has 1 saturated heterocycles. The third-order valence-corrected chi connectivity index (χ3v) is 6.58. The minimum Gasteiger partial charge on any atom is -0.308 e. The molecule has 0 amide bonds. The summed E-state index contributed by atoms with van der Waals surface area (Å²) in [5, 5.41) is 5.11. The summed E-state index contributed by atoms with van der Waals surface area (Å²) in [5.41, 5.74) is 0.283. The lowest BCUT2D eigenvalue weighted by Crippen LogP contribution is -2.63. The largest absolute Gasteiger partial charge is 0.308 e. The van der Waals surface area contributed by atoms with Gasteiger partial charge in [0.15, 0.2) is 0 Å². The molecule has 21 heavy (non-hydrogen) atoms. The van der Waals surface area contributed by atoms with Gasteiger partial charge in [-0.1, -0.05) is 27.7 Å². The quantitative estimate of drug-likeness (QED) is 0.860. The predicted octanol–water partition coefficient (Wildman–Crippen LogP) is 4.01. The van der Waals surface area contributed by atoms with Gasteiger partial charge in [-0.15, -0.1) is 11.3 Å². The van der Waals surface area contributed by atoms with Gasteiger partial charge >= 0.3 is 0 Å². The zero-order chi connectivity index (χ0) is 15.5. The van der Waals surface area contributed by atoms with Crippen LogP contribution in [0.5, 0.6) is 0 Å². The van der Waals surface area contributed by atoms with Crippen LogP contribution in [0.25, 0.3) is 0 Å². The summed E-state index contributed by atoms with van der Waals surface area (Å²) in [6.45, 7) is 13.7. The molecule has 0 saturated carbocycles. The summed E-state index contributed by atoms with van der Waals surface area (Å²) in [5.74, 6) is 0. The van der Waals surface area contributed by atoms with E-state index < -0.39 is 0 Å². The van der Waals surface area contributed by atoms with Gasteiger partial charge in [-0.25, -0.2) is 4.98 Å². The Balaban J connectivity index is 2.19. The highest BCUT2D eigenvalue weighted by Gasteiger charge is 2.38. The molecule has 2 heterocycles. The Morgan fingerprint density at radius 2 is 2.10 bits per heavy atom. The van der Waals surface area contributed by atoms with Crippen molar-refractivity contribution in [2.75, 3.05) is 13.1 Å². The van der Waals surface area contributed by atoms with Crippen LogP contribution in [0.4, 0.5) is 0 Å². The Hall–Kier alpha value is -0.450. The van der Waals surface area contributed by atoms with E-state index in [0.29, 0.717) is 12.1 Å². The van der Waals surface area contributed by atoms with E-state index in [1.807, 2.05) is 11.3 Å². The Kier molecular flexibility index (Phi) is 5.81. The van der Waals surface area contributed by atoms with Gasteiger partial charge in [-0.05, 0) is 32.6 Å². The van der Waals surface area contributed by atoms with Crippen molar-refractivity contribution < 1.29 is 0 Å². The van der Waals surface area contributed by atoms with Gasteiger partial charge in [0.05, 0.1) is 6.04 Å². The van der Waals surface area contributed by atoms with Crippen molar-refractivity contribution in [3.05, 3.63) is 16.1 Å². The molecule has 2 unspecified atom stereocenters. The van der Waals surface area contributed by atoms with Gasteiger partial charge in [0.25, 0.3) is 0 Å². The zero-order valence-electron chi connectivity index (χ0n) is 14.3. The number of nitrogens with one attached hydrogen (secondary N) is 1. The fourth-order valence-corrected chi connectivity index (χ4v) is 4.29. The molecule has 1 N–H and O–H groups in total. The first-order chi connectivity index (χ1) is 10.1. The topological polar surface area (TPSA) is 28.2 Å². The van der Waals surface area contributed by atoms with Gasteiger partial charge in [-0.2, -0.15) is 0 Å². The molecule has 4 heteroatoms. The highest BCUT2D eigenvalue weighted by molar-refractivity contribution is 7.11. The van der Waals surface area contributed by atoms with E-state index in [1.54, 1.807) is 0 Å². The van der Waals surface area contributed by atoms with Crippen molar-refractivity contribution in [3.8, 4) is 0 Å². The number of aromatic nitrogens is 1. The molecule has 120 valence electrons. The monoisotopic (exact) mass is 309 g/mol. The molecule has 1 aliphatic heterocycles. The van der Waals surface area contributed by atoms with Gasteiger partial charge in [0, 0.05) is 35.7 Å². The summed E-state index contributed by atoms with van der Waals surface area (Å²) in [4.78, 5) is 8.78. The molecule has 0 radical (unpaired) electrons. The molecule has 0 spiro atoms. The molecule has 0 aromatic carbocycles. The number of hydrogen-bond donors (Lipinski definition) is 1. The zero-order valence-corrected chi connectivity index (χ0v) is 15.1. The number of aryl methyl sites for hydroxylation is 1. The molecule has 3 nitrogen and oxygen atoms in total. The van der Waals surface area contributed by atoms with E-state index in [1.165, 1.54) is 29.1 Å². The van der Waals surface area contributed by atoms with Crippen molar-refractivity contribution in [2.24, 2.45) is 0 Å². The van der Waals surface area contributed by atoms with Crippen LogP contribution < -0.4 is 5.32 Å². The first-order valence-electron chi connectivity index (χ1n) is 8.54. The second-order valence-electron chi connectivity index (χ2n) is 6.30. The van der Waals surface area contributed by atoms with Gasteiger partial charge < -0.3 is 5.32 Å². The van der Waals surface area contributed by atoms with Crippen molar-refractivity contribution >= 4 is 11.3 Å². The van der Waals surface area contributed by atoms with Crippen LogP contribution >= 0.6 is 11.3 Å². The first kappa shape index (κ1) is 16.9. The SMILES string of the molecule is CCc1cnc(C(C)N2CC(CC)(CC)NCC2CC)s1. The van der Waals surface area contributed by atoms with Crippen molar-refractivity contribution in [1.29, 1.82) is 0 Å². The number of rotatable bonds is 6. The maximum absolute atomic E-state index is 4.69. The van der Waals surface area contributed by atoms with Gasteiger partial charge in [-0.3, -0.25) is 4.90 Å². The highest BCUT2D eigenvalue weighted by atomic mass is 32.1. The number of thiazole rings is 1. The molecule has 0 bridgehead atoms. The van der Waals surface area contributed by atoms with Gasteiger partial charge in [0.1, 0.15) is 5.01 Å². The Bertz CT molecular complexity index is 439. The lowest BCUT2D eigenvalue weighted by Gasteiger charge is -2.49. The standard InChI is InChI=1S/C17H31N3S/c1-6-14-10-19-17(8-3,9-4)12-20(14)13(5)16-18-11-15(7-2)21-16/h11,13-14,19H,6-10,12H2,1-5H3. The minimum absolute atomic E-state index is 0.283. The van der Waals surface area contributed by atoms with E-state index in [4.69, 9.17) is 0 Å². The van der Waals surface area contributed by atoms with E-state index in [-0.39, 0.29) is 5.54 Å². The normalized spacial score (nSPS) is 24.1. The molecule has 1 aromatic rings. The second kappa shape index (κ2) is 7.21. The molecule has 0 aliphatic carbocycles.